The summed E-state index contributed by atoms with van der Waals surface area (Å²) in [5.74, 6) is -0.269. The van der Waals surface area contributed by atoms with Crippen molar-refractivity contribution in [3.8, 4) is 0 Å². The van der Waals surface area contributed by atoms with Crippen LogP contribution in [0.15, 0.2) is 18.2 Å². The van der Waals surface area contributed by atoms with Crippen molar-refractivity contribution in [1.82, 2.24) is 19.7 Å². The number of carbonyl (C=O) groups is 2. The van der Waals surface area contributed by atoms with Crippen molar-refractivity contribution in [1.29, 1.82) is 0 Å². The molecule has 2 aliphatic heterocycles. The predicted molar refractivity (Wildman–Crippen MR) is 137 cm³/mol. The number of urea groups is 1. The fourth-order valence-electron chi connectivity index (χ4n) is 3.90. The zero-order valence-electron chi connectivity index (χ0n) is 20.7. The predicted octanol–water partition coefficient (Wildman–Crippen LogP) is 4.64. The maximum atomic E-state index is 13.0. The minimum Gasteiger partial charge on any atom is -0.317 e. The van der Waals surface area contributed by atoms with Gasteiger partial charge in [0, 0.05) is 41.0 Å². The number of halogens is 2. The van der Waals surface area contributed by atoms with Gasteiger partial charge in [0.25, 0.3) is 5.91 Å². The molecule has 3 amide bonds. The Morgan fingerprint density at radius 3 is 2.57 bits per heavy atom. The molecule has 8 nitrogen and oxygen atoms in total. The third-order valence-corrected chi connectivity index (χ3v) is 5.67. The number of hydrogen-bond acceptors (Lipinski definition) is 4. The topological polar surface area (TPSA) is 79.7 Å². The largest absolute Gasteiger partial charge is 2.00 e. The van der Waals surface area contributed by atoms with Gasteiger partial charge in [0.2, 0.25) is 0 Å². The van der Waals surface area contributed by atoms with E-state index in [1.54, 1.807) is 39.2 Å². The molecular weight excluding hydrogens is 790 g/mol. The quantitative estimate of drug-likeness (QED) is 0.259. The summed E-state index contributed by atoms with van der Waals surface area (Å²) in [4.78, 5) is 33.0. The van der Waals surface area contributed by atoms with Gasteiger partial charge in [0.1, 0.15) is 5.69 Å². The first-order valence-corrected chi connectivity index (χ1v) is 12.1. The second-order valence-corrected chi connectivity index (χ2v) is 11.2. The maximum Gasteiger partial charge on any atom is 2.00 e. The van der Waals surface area contributed by atoms with Gasteiger partial charge in [-0.25, -0.2) is 9.86 Å². The molecule has 1 aromatic carbocycles. The SMILES string of the molecule is [CH2-]C(C)(F)I.[CH2-][C@@H]1Cn2nc3c(c2C(=O)N(C)O1)CN(C(=O)Nc1ccc(C)c(C)c1)[C@H](C)C3.[U+2]. The van der Waals surface area contributed by atoms with E-state index >= 15 is 0 Å². The van der Waals surface area contributed by atoms with Crippen LogP contribution in [0.5, 0.6) is 0 Å². The normalized spacial score (nSPS) is 20.9. The van der Waals surface area contributed by atoms with Crippen molar-refractivity contribution in [2.75, 3.05) is 12.4 Å². The molecule has 1 unspecified atom stereocenters. The number of hydroxylamine groups is 2. The van der Waals surface area contributed by atoms with Crippen LogP contribution in [0.3, 0.4) is 0 Å². The molecule has 1 N–H and O–H groups in total. The van der Waals surface area contributed by atoms with Crippen LogP contribution in [0.1, 0.15) is 46.7 Å². The van der Waals surface area contributed by atoms with Crippen LogP contribution < -0.4 is 5.32 Å². The van der Waals surface area contributed by atoms with Gasteiger partial charge in [-0.05, 0) is 50.1 Å². The number of hydrogen-bond donors (Lipinski definition) is 1. The number of benzene rings is 1. The van der Waals surface area contributed by atoms with Crippen molar-refractivity contribution >= 4 is 40.2 Å². The molecule has 0 spiro atoms. The van der Waals surface area contributed by atoms with E-state index in [1.807, 2.05) is 39.0 Å². The van der Waals surface area contributed by atoms with Gasteiger partial charge in [0.05, 0.1) is 12.2 Å². The van der Waals surface area contributed by atoms with Gasteiger partial charge in [-0.2, -0.15) is 5.10 Å². The van der Waals surface area contributed by atoms with Gasteiger partial charge in [-0.15, -0.1) is 0 Å². The maximum absolute atomic E-state index is 13.0. The Bertz CT molecular complexity index is 1080. The van der Waals surface area contributed by atoms with Crippen molar-refractivity contribution in [2.45, 2.75) is 63.0 Å². The standard InChI is InChI=1S/C21H26N5O3.C3H5FI.U/c1-12-6-7-16(8-13(12)2)22-21(28)25-11-17-18(9-14(25)3)23-26-10-15(4)29-24(5)20(27)19(17)26;1-3(2,4)5;/h6-8,14-15H,4,9-11H2,1-3,5H3,(H,22,28);1H2,2H3;/q2*-1;+2/t14-,15-;;/m1../s1. The first kappa shape index (κ1) is 30.1. The summed E-state index contributed by atoms with van der Waals surface area (Å²) in [6.45, 7) is 15.2. The van der Waals surface area contributed by atoms with E-state index in [9.17, 15) is 14.0 Å². The number of nitrogens with zero attached hydrogens (tertiary/aromatic N) is 4. The molecule has 1 aromatic heterocycles. The Labute approximate surface area is 243 Å². The van der Waals surface area contributed by atoms with Gasteiger partial charge in [-0.1, -0.05) is 35.6 Å². The number of fused-ring (bicyclic) bond motifs is 3. The molecule has 11 heteroatoms. The molecule has 0 aliphatic carbocycles. The average molecular weight is 821 g/mol. The molecule has 3 atom stereocenters. The molecule has 2 aliphatic rings. The Morgan fingerprint density at radius 2 is 1.97 bits per heavy atom. The zero-order valence-corrected chi connectivity index (χ0v) is 27.0. The third-order valence-electron chi connectivity index (χ3n) is 5.67. The van der Waals surface area contributed by atoms with Crippen LogP contribution in [-0.4, -0.2) is 54.6 Å². The summed E-state index contributed by atoms with van der Waals surface area (Å²) < 4.78 is 12.0. The molecule has 0 radical (unpaired) electrons. The van der Waals surface area contributed by atoms with E-state index in [0.29, 0.717) is 25.2 Å². The van der Waals surface area contributed by atoms with Crippen LogP contribution in [0.25, 0.3) is 0 Å². The van der Waals surface area contributed by atoms with Crippen LogP contribution in [0.4, 0.5) is 14.9 Å². The summed E-state index contributed by atoms with van der Waals surface area (Å²) >= 11 is 1.60. The van der Waals surface area contributed by atoms with Crippen molar-refractivity contribution < 1.29 is 49.9 Å². The van der Waals surface area contributed by atoms with E-state index in [2.05, 4.69) is 24.3 Å². The Kier molecular flexibility index (Phi) is 10.2. The van der Waals surface area contributed by atoms with E-state index in [0.717, 1.165) is 22.5 Å². The average Bonchev–Trinajstić information content (AvgIpc) is 2.99. The van der Waals surface area contributed by atoms with Gasteiger partial charge < -0.3 is 17.1 Å². The van der Waals surface area contributed by atoms with Gasteiger partial charge >= 0.3 is 37.1 Å². The van der Waals surface area contributed by atoms with Gasteiger partial charge in [0.15, 0.2) is 0 Å². The number of anilines is 1. The Balaban J connectivity index is 0.000000656. The number of aromatic nitrogens is 2. The summed E-state index contributed by atoms with van der Waals surface area (Å²) in [6, 6.07) is 5.63. The number of amides is 3. The molecule has 2 aromatic rings. The number of nitrogens with one attached hydrogen (secondary N) is 1. The molecule has 4 rings (SSSR count). The number of carbonyl (C=O) groups excluding carboxylic acids is 2. The summed E-state index contributed by atoms with van der Waals surface area (Å²) in [6.07, 6.45) is 0.183. The van der Waals surface area contributed by atoms with Gasteiger partial charge in [-0.3, -0.25) is 25.6 Å². The Morgan fingerprint density at radius 1 is 1.34 bits per heavy atom. The molecular formula is C24H31FIN5O3U. The van der Waals surface area contributed by atoms with Crippen LogP contribution >= 0.6 is 22.6 Å². The summed E-state index contributed by atoms with van der Waals surface area (Å²) in [5, 5.41) is 8.81. The summed E-state index contributed by atoms with van der Waals surface area (Å²) in [7, 11) is 1.57. The molecule has 0 bridgehead atoms. The molecule has 3 heterocycles. The van der Waals surface area contributed by atoms with E-state index in [1.165, 1.54) is 17.6 Å². The number of alkyl halides is 2. The second kappa shape index (κ2) is 11.9. The van der Waals surface area contributed by atoms with Crippen molar-refractivity contribution in [3.63, 3.8) is 0 Å². The molecule has 0 saturated carbocycles. The van der Waals surface area contributed by atoms with Crippen LogP contribution in [0, 0.1) is 58.8 Å². The Hall–Kier alpha value is -1.16. The third kappa shape index (κ3) is 7.66. The molecule has 188 valence electrons. The molecule has 0 saturated heterocycles. The first-order chi connectivity index (χ1) is 15.7. The van der Waals surface area contributed by atoms with Crippen molar-refractivity contribution in [3.05, 3.63) is 60.1 Å². The fraction of sp³-hybridized carbons (Fsp3) is 0.458. The minimum atomic E-state index is -1.28. The van der Waals surface area contributed by atoms with Crippen LogP contribution in [-0.2, 0) is 24.3 Å². The summed E-state index contributed by atoms with van der Waals surface area (Å²) in [5.41, 5.74) is 5.18. The van der Waals surface area contributed by atoms with Crippen molar-refractivity contribution in [2.24, 2.45) is 0 Å². The smallest absolute Gasteiger partial charge is 0.317 e. The first-order valence-electron chi connectivity index (χ1n) is 11.0. The van der Waals surface area contributed by atoms with E-state index < -0.39 is 9.78 Å². The number of rotatable bonds is 1. The van der Waals surface area contributed by atoms with Crippen LogP contribution in [0.2, 0.25) is 0 Å². The van der Waals surface area contributed by atoms with E-state index in [-0.39, 0.29) is 49.1 Å². The van der Waals surface area contributed by atoms with E-state index in [4.69, 9.17) is 4.84 Å². The minimum absolute atomic E-state index is 0. The monoisotopic (exact) mass is 821 g/mol. The zero-order chi connectivity index (χ0) is 25.4. The fourth-order valence-corrected chi connectivity index (χ4v) is 3.90. The molecule has 0 fully saturated rings. The molecule has 35 heavy (non-hydrogen) atoms. The second-order valence-electron chi connectivity index (χ2n) is 8.97. The number of aryl methyl sites for hydroxylation is 2.